The number of fused-ring (bicyclic) bond motifs is 1. The minimum absolute atomic E-state index is 1.01. The first-order valence-electron chi connectivity index (χ1n) is 5.59. The summed E-state index contributed by atoms with van der Waals surface area (Å²) < 4.78 is 1.88. The molecule has 3 nitrogen and oxygen atoms in total. The van der Waals surface area contributed by atoms with E-state index in [9.17, 15) is 0 Å². The lowest BCUT2D eigenvalue weighted by molar-refractivity contribution is 0.797. The van der Waals surface area contributed by atoms with Crippen LogP contribution in [0.3, 0.4) is 0 Å². The summed E-state index contributed by atoms with van der Waals surface area (Å²) in [6.07, 6.45) is 3.73. The van der Waals surface area contributed by atoms with Gasteiger partial charge in [0.2, 0.25) is 0 Å². The predicted molar refractivity (Wildman–Crippen MR) is 68.7 cm³/mol. The molecule has 0 amide bonds. The van der Waals surface area contributed by atoms with Crippen LogP contribution >= 0.6 is 0 Å². The molecule has 2 aromatic heterocycles. The van der Waals surface area contributed by atoms with Gasteiger partial charge < -0.3 is 0 Å². The van der Waals surface area contributed by atoms with Crippen LogP contribution in [0.5, 0.6) is 0 Å². The van der Waals surface area contributed by atoms with Gasteiger partial charge in [-0.05, 0) is 36.8 Å². The zero-order valence-electron chi connectivity index (χ0n) is 9.88. The fraction of sp³-hybridized carbons (Fsp3) is 0.143. The SMILES string of the molecule is Cc1ccnc(-c2ccc3c(cnn3C)c2)c1. The topological polar surface area (TPSA) is 30.7 Å². The first-order valence-corrected chi connectivity index (χ1v) is 5.59. The van der Waals surface area contributed by atoms with Crippen molar-refractivity contribution in [2.45, 2.75) is 6.92 Å². The summed E-state index contributed by atoms with van der Waals surface area (Å²) >= 11 is 0. The summed E-state index contributed by atoms with van der Waals surface area (Å²) in [5.74, 6) is 0. The minimum atomic E-state index is 1.01. The smallest absolute Gasteiger partial charge is 0.0704 e. The zero-order chi connectivity index (χ0) is 11.8. The lowest BCUT2D eigenvalue weighted by Crippen LogP contribution is -1.88. The summed E-state index contributed by atoms with van der Waals surface area (Å²) in [5.41, 5.74) is 4.51. The van der Waals surface area contributed by atoms with Crippen molar-refractivity contribution in [2.75, 3.05) is 0 Å². The van der Waals surface area contributed by atoms with Gasteiger partial charge in [0.15, 0.2) is 0 Å². The quantitative estimate of drug-likeness (QED) is 0.635. The third-order valence-corrected chi connectivity index (χ3v) is 2.96. The van der Waals surface area contributed by atoms with Gasteiger partial charge in [-0.15, -0.1) is 0 Å². The van der Waals surface area contributed by atoms with Crippen LogP contribution in [-0.2, 0) is 7.05 Å². The monoisotopic (exact) mass is 223 g/mol. The summed E-state index contributed by atoms with van der Waals surface area (Å²) in [4.78, 5) is 4.40. The molecule has 0 unspecified atom stereocenters. The average Bonchev–Trinajstić information content (AvgIpc) is 2.71. The second kappa shape index (κ2) is 3.70. The van der Waals surface area contributed by atoms with Crippen molar-refractivity contribution < 1.29 is 0 Å². The van der Waals surface area contributed by atoms with Crippen molar-refractivity contribution in [3.8, 4) is 11.3 Å². The molecule has 2 heterocycles. The molecule has 0 aliphatic carbocycles. The van der Waals surface area contributed by atoms with E-state index in [1.807, 2.05) is 30.2 Å². The van der Waals surface area contributed by atoms with E-state index in [1.165, 1.54) is 5.56 Å². The van der Waals surface area contributed by atoms with E-state index in [-0.39, 0.29) is 0 Å². The Morgan fingerprint density at radius 3 is 2.82 bits per heavy atom. The maximum absolute atomic E-state index is 4.40. The third-order valence-electron chi connectivity index (χ3n) is 2.96. The lowest BCUT2D eigenvalue weighted by atomic mass is 10.1. The van der Waals surface area contributed by atoms with Gasteiger partial charge in [0, 0.05) is 24.2 Å². The highest BCUT2D eigenvalue weighted by molar-refractivity contribution is 5.83. The number of aromatic nitrogens is 3. The Morgan fingerprint density at radius 1 is 1.12 bits per heavy atom. The minimum Gasteiger partial charge on any atom is -0.268 e. The van der Waals surface area contributed by atoms with Gasteiger partial charge in [-0.2, -0.15) is 5.10 Å². The lowest BCUT2D eigenvalue weighted by Gasteiger charge is -2.02. The summed E-state index contributed by atoms with van der Waals surface area (Å²) in [6.45, 7) is 2.08. The van der Waals surface area contributed by atoms with Crippen LogP contribution < -0.4 is 0 Å². The molecule has 3 aromatic rings. The number of rotatable bonds is 1. The molecule has 0 fully saturated rings. The number of hydrogen-bond acceptors (Lipinski definition) is 2. The van der Waals surface area contributed by atoms with Crippen LogP contribution in [0.4, 0.5) is 0 Å². The van der Waals surface area contributed by atoms with E-state index in [0.29, 0.717) is 0 Å². The van der Waals surface area contributed by atoms with E-state index >= 15 is 0 Å². The molecular formula is C14H13N3. The van der Waals surface area contributed by atoms with Crippen molar-refractivity contribution in [2.24, 2.45) is 7.05 Å². The fourth-order valence-corrected chi connectivity index (χ4v) is 2.02. The Balaban J connectivity index is 2.18. The number of benzene rings is 1. The van der Waals surface area contributed by atoms with Crippen LogP contribution in [0, 0.1) is 6.92 Å². The van der Waals surface area contributed by atoms with Gasteiger partial charge in [0.25, 0.3) is 0 Å². The fourth-order valence-electron chi connectivity index (χ4n) is 2.02. The Hall–Kier alpha value is -2.16. The van der Waals surface area contributed by atoms with Crippen molar-refractivity contribution in [3.63, 3.8) is 0 Å². The molecule has 1 aromatic carbocycles. The van der Waals surface area contributed by atoms with Crippen LogP contribution in [-0.4, -0.2) is 14.8 Å². The standard InChI is InChI=1S/C14H13N3/c1-10-5-6-15-13(7-10)11-3-4-14-12(8-11)9-16-17(14)2/h3-9H,1-2H3. The molecule has 0 saturated carbocycles. The molecule has 0 bridgehead atoms. The molecule has 84 valence electrons. The normalized spacial score (nSPS) is 10.9. The van der Waals surface area contributed by atoms with Crippen LogP contribution in [0.2, 0.25) is 0 Å². The van der Waals surface area contributed by atoms with E-state index in [4.69, 9.17) is 0 Å². The Labute approximate surface area is 99.7 Å². The number of pyridine rings is 1. The van der Waals surface area contributed by atoms with Gasteiger partial charge >= 0.3 is 0 Å². The molecule has 3 rings (SSSR count). The molecule has 0 aliphatic rings. The Morgan fingerprint density at radius 2 is 2.00 bits per heavy atom. The van der Waals surface area contributed by atoms with E-state index in [2.05, 4.69) is 41.3 Å². The maximum atomic E-state index is 4.40. The molecule has 0 N–H and O–H groups in total. The third kappa shape index (κ3) is 1.69. The molecule has 0 radical (unpaired) electrons. The second-order valence-electron chi connectivity index (χ2n) is 4.26. The van der Waals surface area contributed by atoms with E-state index in [1.54, 1.807) is 0 Å². The largest absolute Gasteiger partial charge is 0.268 e. The van der Waals surface area contributed by atoms with E-state index in [0.717, 1.165) is 22.2 Å². The molecule has 0 spiro atoms. The molecule has 0 saturated heterocycles. The Bertz CT molecular complexity index is 683. The van der Waals surface area contributed by atoms with Crippen LogP contribution in [0.25, 0.3) is 22.2 Å². The first-order chi connectivity index (χ1) is 8.24. The van der Waals surface area contributed by atoms with Crippen LogP contribution in [0.1, 0.15) is 5.56 Å². The predicted octanol–water partition coefficient (Wildman–Crippen LogP) is 2.94. The van der Waals surface area contributed by atoms with Gasteiger partial charge in [-0.3, -0.25) is 9.67 Å². The maximum Gasteiger partial charge on any atom is 0.0704 e. The molecule has 0 atom stereocenters. The van der Waals surface area contributed by atoms with Crippen molar-refractivity contribution in [1.82, 2.24) is 14.8 Å². The van der Waals surface area contributed by atoms with Crippen LogP contribution in [0.15, 0.2) is 42.7 Å². The second-order valence-corrected chi connectivity index (χ2v) is 4.26. The Kier molecular flexibility index (Phi) is 2.18. The molecule has 3 heteroatoms. The summed E-state index contributed by atoms with van der Waals surface area (Å²) in [6, 6.07) is 10.4. The van der Waals surface area contributed by atoms with Crippen molar-refractivity contribution in [3.05, 3.63) is 48.3 Å². The molecule has 17 heavy (non-hydrogen) atoms. The summed E-state index contributed by atoms with van der Waals surface area (Å²) in [5, 5.41) is 5.39. The van der Waals surface area contributed by atoms with Gasteiger partial charge in [-0.1, -0.05) is 6.07 Å². The van der Waals surface area contributed by atoms with Gasteiger partial charge in [0.05, 0.1) is 17.4 Å². The zero-order valence-corrected chi connectivity index (χ0v) is 9.88. The summed E-state index contributed by atoms with van der Waals surface area (Å²) in [7, 11) is 1.95. The van der Waals surface area contributed by atoms with E-state index < -0.39 is 0 Å². The average molecular weight is 223 g/mol. The van der Waals surface area contributed by atoms with Crippen molar-refractivity contribution in [1.29, 1.82) is 0 Å². The number of nitrogens with zero attached hydrogens (tertiary/aromatic N) is 3. The number of hydrogen-bond donors (Lipinski definition) is 0. The molecular weight excluding hydrogens is 210 g/mol. The first kappa shape index (κ1) is 10.0. The highest BCUT2D eigenvalue weighted by Crippen LogP contribution is 2.22. The molecule has 0 aliphatic heterocycles. The highest BCUT2D eigenvalue weighted by atomic mass is 15.2. The van der Waals surface area contributed by atoms with Gasteiger partial charge in [-0.25, -0.2) is 0 Å². The highest BCUT2D eigenvalue weighted by Gasteiger charge is 2.03. The number of aryl methyl sites for hydroxylation is 2. The van der Waals surface area contributed by atoms with Gasteiger partial charge in [0.1, 0.15) is 0 Å². The van der Waals surface area contributed by atoms with Crippen molar-refractivity contribution >= 4 is 10.9 Å².